The average molecular weight is 279 g/mol. The lowest BCUT2D eigenvalue weighted by Crippen LogP contribution is -2.11. The van der Waals surface area contributed by atoms with Gasteiger partial charge in [0, 0.05) is 6.07 Å². The van der Waals surface area contributed by atoms with Gasteiger partial charge in [0.05, 0.1) is 11.1 Å². The first-order valence-electron chi connectivity index (χ1n) is 5.43. The Morgan fingerprint density at radius 1 is 1.50 bits per heavy atom. The summed E-state index contributed by atoms with van der Waals surface area (Å²) in [6, 6.07) is 4.28. The molecular weight excluding hydrogens is 269 g/mol. The first-order chi connectivity index (χ1) is 9.51. The molecule has 9 heteroatoms. The molecular formula is C11H10FN5O3. The van der Waals surface area contributed by atoms with Gasteiger partial charge in [-0.3, -0.25) is 15.5 Å². The molecule has 0 unspecified atom stereocenters. The summed E-state index contributed by atoms with van der Waals surface area (Å²) >= 11 is 0. The molecule has 2 aromatic rings. The van der Waals surface area contributed by atoms with Crippen LogP contribution in [0, 0.1) is 22.9 Å². The molecule has 1 aromatic carbocycles. The second-order valence-corrected chi connectivity index (χ2v) is 3.82. The van der Waals surface area contributed by atoms with Crippen LogP contribution in [0.1, 0.15) is 5.56 Å². The van der Waals surface area contributed by atoms with Crippen molar-refractivity contribution in [3.8, 4) is 11.6 Å². The quantitative estimate of drug-likeness (QED) is 0.498. The number of nitrogens with one attached hydrogen (secondary N) is 1. The van der Waals surface area contributed by atoms with Crippen LogP contribution in [0.15, 0.2) is 24.4 Å². The van der Waals surface area contributed by atoms with Gasteiger partial charge >= 0.3 is 5.69 Å². The lowest BCUT2D eigenvalue weighted by molar-refractivity contribution is -0.385. The summed E-state index contributed by atoms with van der Waals surface area (Å²) in [5.41, 5.74) is 2.51. The molecule has 0 radical (unpaired) electrons. The minimum atomic E-state index is -0.862. The van der Waals surface area contributed by atoms with Crippen molar-refractivity contribution in [2.75, 3.05) is 5.43 Å². The zero-order valence-electron chi connectivity index (χ0n) is 10.3. The van der Waals surface area contributed by atoms with Crippen molar-refractivity contribution in [1.82, 2.24) is 9.97 Å². The van der Waals surface area contributed by atoms with Crippen molar-refractivity contribution in [1.29, 1.82) is 0 Å². The number of aryl methyl sites for hydroxylation is 1. The molecule has 104 valence electrons. The van der Waals surface area contributed by atoms with Crippen LogP contribution in [0.2, 0.25) is 0 Å². The second kappa shape index (κ2) is 5.45. The van der Waals surface area contributed by atoms with Crippen molar-refractivity contribution in [2.45, 2.75) is 6.92 Å². The third kappa shape index (κ3) is 2.78. The molecule has 20 heavy (non-hydrogen) atoms. The highest BCUT2D eigenvalue weighted by Gasteiger charge is 2.18. The maximum Gasteiger partial charge on any atom is 0.311 e. The average Bonchev–Trinajstić information content (AvgIpc) is 2.42. The minimum Gasteiger partial charge on any atom is -0.429 e. The Hall–Kier alpha value is -2.81. The smallest absolute Gasteiger partial charge is 0.311 e. The molecule has 0 amide bonds. The molecule has 3 N–H and O–H groups in total. The zero-order valence-corrected chi connectivity index (χ0v) is 10.3. The fourth-order valence-corrected chi connectivity index (χ4v) is 1.45. The molecule has 1 aromatic heterocycles. The number of aromatic nitrogens is 2. The van der Waals surface area contributed by atoms with E-state index in [-0.39, 0.29) is 17.4 Å². The van der Waals surface area contributed by atoms with E-state index in [9.17, 15) is 14.5 Å². The molecule has 0 fully saturated rings. The van der Waals surface area contributed by atoms with Crippen LogP contribution >= 0.6 is 0 Å². The monoisotopic (exact) mass is 279 g/mol. The predicted octanol–water partition coefficient (Wildman–Crippen LogP) is 1.91. The maximum absolute atomic E-state index is 13.5. The number of rotatable bonds is 4. The summed E-state index contributed by atoms with van der Waals surface area (Å²) in [5.74, 6) is 3.58. The van der Waals surface area contributed by atoms with Crippen molar-refractivity contribution >= 4 is 11.6 Å². The SMILES string of the molecule is Cc1ccc(Oc2nc(NN)ncc2F)c([N+](=O)[O-])c1. The first-order valence-corrected chi connectivity index (χ1v) is 5.43. The largest absolute Gasteiger partial charge is 0.429 e. The van der Waals surface area contributed by atoms with E-state index in [2.05, 4.69) is 15.4 Å². The molecule has 2 rings (SSSR count). The summed E-state index contributed by atoms with van der Waals surface area (Å²) < 4.78 is 18.7. The van der Waals surface area contributed by atoms with Crippen molar-refractivity contribution in [3.05, 3.63) is 45.9 Å². The normalized spacial score (nSPS) is 10.2. The molecule has 0 saturated carbocycles. The summed E-state index contributed by atoms with van der Waals surface area (Å²) in [6.07, 6.45) is 0.845. The Labute approximate surface area is 112 Å². The van der Waals surface area contributed by atoms with E-state index >= 15 is 0 Å². The molecule has 0 saturated heterocycles. The Morgan fingerprint density at radius 2 is 2.25 bits per heavy atom. The molecule has 0 atom stereocenters. The molecule has 1 heterocycles. The molecule has 0 spiro atoms. The molecule has 0 aliphatic heterocycles. The van der Waals surface area contributed by atoms with E-state index in [0.29, 0.717) is 5.56 Å². The van der Waals surface area contributed by atoms with E-state index in [1.807, 2.05) is 0 Å². The third-order valence-corrected chi connectivity index (χ3v) is 2.36. The van der Waals surface area contributed by atoms with Gasteiger partial charge in [0.25, 0.3) is 5.88 Å². The van der Waals surface area contributed by atoms with Gasteiger partial charge in [-0.25, -0.2) is 10.8 Å². The molecule has 0 aliphatic carbocycles. The van der Waals surface area contributed by atoms with E-state index in [4.69, 9.17) is 10.6 Å². The highest BCUT2D eigenvalue weighted by atomic mass is 19.1. The van der Waals surface area contributed by atoms with Crippen LogP contribution in [0.5, 0.6) is 11.6 Å². The summed E-state index contributed by atoms with van der Waals surface area (Å²) in [4.78, 5) is 17.5. The van der Waals surface area contributed by atoms with Crippen molar-refractivity contribution < 1.29 is 14.1 Å². The number of hydrogen-bond acceptors (Lipinski definition) is 7. The number of anilines is 1. The van der Waals surface area contributed by atoms with Crippen LogP contribution in [0.4, 0.5) is 16.0 Å². The Bertz CT molecular complexity index is 665. The lowest BCUT2D eigenvalue weighted by Gasteiger charge is -2.07. The van der Waals surface area contributed by atoms with Crippen LogP contribution in [-0.4, -0.2) is 14.9 Å². The predicted molar refractivity (Wildman–Crippen MR) is 67.7 cm³/mol. The number of halogens is 1. The van der Waals surface area contributed by atoms with Crippen LogP contribution < -0.4 is 16.0 Å². The van der Waals surface area contributed by atoms with E-state index in [1.54, 1.807) is 13.0 Å². The lowest BCUT2D eigenvalue weighted by atomic mass is 10.2. The van der Waals surface area contributed by atoms with Crippen LogP contribution in [0.25, 0.3) is 0 Å². The molecule has 8 nitrogen and oxygen atoms in total. The summed E-state index contributed by atoms with van der Waals surface area (Å²) in [5, 5.41) is 10.9. The van der Waals surface area contributed by atoms with E-state index in [0.717, 1.165) is 6.20 Å². The van der Waals surface area contributed by atoms with E-state index < -0.39 is 16.6 Å². The number of hydrogen-bond donors (Lipinski definition) is 2. The number of ether oxygens (including phenoxy) is 1. The van der Waals surface area contributed by atoms with Gasteiger partial charge in [-0.15, -0.1) is 0 Å². The van der Waals surface area contributed by atoms with Gasteiger partial charge in [-0.1, -0.05) is 6.07 Å². The Morgan fingerprint density at radius 3 is 2.90 bits per heavy atom. The highest BCUT2D eigenvalue weighted by Crippen LogP contribution is 2.32. The van der Waals surface area contributed by atoms with Crippen LogP contribution in [-0.2, 0) is 0 Å². The number of nitro benzene ring substituents is 1. The summed E-state index contributed by atoms with van der Waals surface area (Å²) in [6.45, 7) is 1.69. The van der Waals surface area contributed by atoms with Gasteiger partial charge < -0.3 is 4.74 Å². The minimum absolute atomic E-state index is 0.0730. The fraction of sp³-hybridized carbons (Fsp3) is 0.0909. The highest BCUT2D eigenvalue weighted by molar-refractivity contribution is 5.50. The summed E-state index contributed by atoms with van der Waals surface area (Å²) in [7, 11) is 0. The number of benzene rings is 1. The Balaban J connectivity index is 2.42. The maximum atomic E-state index is 13.5. The zero-order chi connectivity index (χ0) is 14.7. The number of hydrazine groups is 1. The number of nitrogens with zero attached hydrogens (tertiary/aromatic N) is 3. The van der Waals surface area contributed by atoms with Crippen molar-refractivity contribution in [3.63, 3.8) is 0 Å². The van der Waals surface area contributed by atoms with Gasteiger partial charge in [-0.2, -0.15) is 9.37 Å². The van der Waals surface area contributed by atoms with Gasteiger partial charge in [-0.05, 0) is 18.6 Å². The molecule has 0 bridgehead atoms. The first kappa shape index (κ1) is 13.6. The number of nitro groups is 1. The van der Waals surface area contributed by atoms with Gasteiger partial charge in [0.1, 0.15) is 0 Å². The van der Waals surface area contributed by atoms with Crippen LogP contribution in [0.3, 0.4) is 0 Å². The topological polar surface area (TPSA) is 116 Å². The second-order valence-electron chi connectivity index (χ2n) is 3.82. The number of nitrogen functional groups attached to an aromatic ring is 1. The Kier molecular flexibility index (Phi) is 3.71. The fourth-order valence-electron chi connectivity index (χ4n) is 1.45. The number of nitrogens with two attached hydrogens (primary N) is 1. The van der Waals surface area contributed by atoms with Gasteiger partial charge in [0.15, 0.2) is 0 Å². The standard InChI is InChI=1S/C11H10FN5O3/c1-6-2-3-9(8(4-6)17(18)19)20-10-7(12)5-14-11(15-10)16-13/h2-5H,13H2,1H3,(H,14,15,16). The third-order valence-electron chi connectivity index (χ3n) is 2.36. The molecule has 0 aliphatic rings. The van der Waals surface area contributed by atoms with Crippen molar-refractivity contribution in [2.24, 2.45) is 5.84 Å². The van der Waals surface area contributed by atoms with Gasteiger partial charge in [0.2, 0.25) is 17.5 Å². The van der Waals surface area contributed by atoms with E-state index in [1.165, 1.54) is 12.1 Å².